The first-order valence-corrected chi connectivity index (χ1v) is 4.64. The van der Waals surface area contributed by atoms with Crippen LogP contribution in [0, 0.1) is 0 Å². The second-order valence-corrected chi connectivity index (χ2v) is 3.07. The van der Waals surface area contributed by atoms with Gasteiger partial charge in [0.1, 0.15) is 6.61 Å². The molecule has 15 heavy (non-hydrogen) atoms. The van der Waals surface area contributed by atoms with Gasteiger partial charge in [0.15, 0.2) is 0 Å². The number of benzene rings is 1. The van der Waals surface area contributed by atoms with Gasteiger partial charge in [-0.25, -0.2) is 0 Å². The summed E-state index contributed by atoms with van der Waals surface area (Å²) in [7, 11) is 0. The smallest absolute Gasteiger partial charge is 0.243 e. The Morgan fingerprint density at radius 2 is 2.00 bits per heavy atom. The molecule has 5 nitrogen and oxygen atoms in total. The molecule has 5 heteroatoms. The molecule has 82 valence electrons. The molecule has 0 unspecified atom stereocenters. The van der Waals surface area contributed by atoms with Gasteiger partial charge in [0.05, 0.1) is 6.61 Å². The van der Waals surface area contributed by atoms with Crippen LogP contribution in [0.15, 0.2) is 24.3 Å². The van der Waals surface area contributed by atoms with Crippen molar-refractivity contribution < 1.29 is 9.53 Å². The maximum atomic E-state index is 10.3. The molecule has 1 amide bonds. The van der Waals surface area contributed by atoms with Crippen molar-refractivity contribution >= 4 is 17.3 Å². The normalized spacial score (nSPS) is 9.87. The van der Waals surface area contributed by atoms with Crippen molar-refractivity contribution in [2.24, 2.45) is 5.73 Å². The molecule has 0 saturated carbocycles. The molecule has 0 spiro atoms. The average Bonchev–Trinajstić information content (AvgIpc) is 2.20. The summed E-state index contributed by atoms with van der Waals surface area (Å²) in [6.07, 6.45) is 0. The fourth-order valence-electron chi connectivity index (χ4n) is 1.04. The maximum Gasteiger partial charge on any atom is 0.243 e. The van der Waals surface area contributed by atoms with E-state index in [-0.39, 0.29) is 6.61 Å². The fraction of sp³-hybridized carbons (Fsp3) is 0.300. The Morgan fingerprint density at radius 3 is 2.60 bits per heavy atom. The van der Waals surface area contributed by atoms with Gasteiger partial charge in [-0.15, -0.1) is 0 Å². The van der Waals surface area contributed by atoms with E-state index >= 15 is 0 Å². The van der Waals surface area contributed by atoms with Gasteiger partial charge in [0.25, 0.3) is 0 Å². The molecule has 0 heterocycles. The Labute approximate surface area is 88.4 Å². The number of carbonyl (C=O) groups is 1. The van der Waals surface area contributed by atoms with Crippen LogP contribution in [0.3, 0.4) is 0 Å². The quantitative estimate of drug-likeness (QED) is 0.460. The second-order valence-electron chi connectivity index (χ2n) is 3.07. The number of hydrogen-bond acceptors (Lipinski definition) is 4. The van der Waals surface area contributed by atoms with Gasteiger partial charge in [-0.3, -0.25) is 4.79 Å². The number of carbonyl (C=O) groups excluding carboxylic acids is 1. The number of ether oxygens (including phenoxy) is 1. The highest BCUT2D eigenvalue weighted by Crippen LogP contribution is 2.09. The molecular weight excluding hydrogens is 194 g/mol. The third-order valence-electron chi connectivity index (χ3n) is 1.73. The number of amides is 1. The largest absolute Gasteiger partial charge is 0.399 e. The van der Waals surface area contributed by atoms with Crippen molar-refractivity contribution in [2.45, 2.75) is 0 Å². The van der Waals surface area contributed by atoms with Crippen molar-refractivity contribution in [2.75, 3.05) is 30.8 Å². The van der Waals surface area contributed by atoms with Crippen LogP contribution >= 0.6 is 0 Å². The first-order valence-electron chi connectivity index (χ1n) is 4.64. The standard InChI is InChI=1S/C10H15N3O2/c11-8-1-3-9(4-2-8)13-5-6-15-7-10(12)14/h1-4,13H,5-7,11H2,(H2,12,14). The molecule has 0 aromatic heterocycles. The molecule has 1 aromatic carbocycles. The molecule has 1 rings (SSSR count). The number of anilines is 2. The van der Waals surface area contributed by atoms with E-state index in [1.165, 1.54) is 0 Å². The van der Waals surface area contributed by atoms with Gasteiger partial charge in [-0.1, -0.05) is 0 Å². The topological polar surface area (TPSA) is 90.4 Å². The van der Waals surface area contributed by atoms with Gasteiger partial charge in [-0.2, -0.15) is 0 Å². The van der Waals surface area contributed by atoms with Crippen LogP contribution in [0.4, 0.5) is 11.4 Å². The Morgan fingerprint density at radius 1 is 1.33 bits per heavy atom. The molecule has 0 aliphatic carbocycles. The SMILES string of the molecule is NC(=O)COCCNc1ccc(N)cc1. The van der Waals surface area contributed by atoms with Crippen LogP contribution < -0.4 is 16.8 Å². The van der Waals surface area contributed by atoms with E-state index in [0.29, 0.717) is 13.2 Å². The monoisotopic (exact) mass is 209 g/mol. The highest BCUT2D eigenvalue weighted by molar-refractivity contribution is 5.74. The lowest BCUT2D eigenvalue weighted by atomic mass is 10.3. The molecule has 0 fully saturated rings. The second kappa shape index (κ2) is 5.87. The number of hydrogen-bond donors (Lipinski definition) is 3. The third-order valence-corrected chi connectivity index (χ3v) is 1.73. The minimum atomic E-state index is -0.456. The summed E-state index contributed by atoms with van der Waals surface area (Å²) in [6, 6.07) is 7.38. The molecular formula is C10H15N3O2. The first-order chi connectivity index (χ1) is 7.18. The summed E-state index contributed by atoms with van der Waals surface area (Å²) in [4.78, 5) is 10.3. The Bertz CT molecular complexity index is 311. The highest BCUT2D eigenvalue weighted by atomic mass is 16.5. The van der Waals surface area contributed by atoms with Gasteiger partial charge in [0, 0.05) is 17.9 Å². The lowest BCUT2D eigenvalue weighted by Gasteiger charge is -2.06. The minimum Gasteiger partial charge on any atom is -0.399 e. The summed E-state index contributed by atoms with van der Waals surface area (Å²) in [5.74, 6) is -0.456. The zero-order valence-corrected chi connectivity index (χ0v) is 8.40. The molecule has 0 saturated heterocycles. The molecule has 5 N–H and O–H groups in total. The van der Waals surface area contributed by atoms with Crippen molar-refractivity contribution in [3.8, 4) is 0 Å². The van der Waals surface area contributed by atoms with Crippen LogP contribution in [-0.2, 0) is 9.53 Å². The van der Waals surface area contributed by atoms with E-state index in [4.69, 9.17) is 16.2 Å². The Balaban J connectivity index is 2.15. The van der Waals surface area contributed by atoms with Crippen LogP contribution in [0.2, 0.25) is 0 Å². The molecule has 0 aliphatic rings. The minimum absolute atomic E-state index is 0.0383. The van der Waals surface area contributed by atoms with Gasteiger partial charge < -0.3 is 21.5 Å². The van der Waals surface area contributed by atoms with E-state index in [1.54, 1.807) is 0 Å². The van der Waals surface area contributed by atoms with Crippen LogP contribution in [0.1, 0.15) is 0 Å². The third kappa shape index (κ3) is 4.87. The van der Waals surface area contributed by atoms with Gasteiger partial charge >= 0.3 is 0 Å². The van der Waals surface area contributed by atoms with Crippen molar-refractivity contribution in [3.05, 3.63) is 24.3 Å². The number of primary amides is 1. The molecule has 0 bridgehead atoms. The molecule has 0 radical (unpaired) electrons. The van der Waals surface area contributed by atoms with E-state index in [0.717, 1.165) is 11.4 Å². The van der Waals surface area contributed by atoms with E-state index < -0.39 is 5.91 Å². The lowest BCUT2D eigenvalue weighted by molar-refractivity contribution is -0.122. The summed E-state index contributed by atoms with van der Waals surface area (Å²) < 4.78 is 4.98. The van der Waals surface area contributed by atoms with E-state index in [1.807, 2.05) is 24.3 Å². The Hall–Kier alpha value is -1.75. The van der Waals surface area contributed by atoms with E-state index in [2.05, 4.69) is 5.32 Å². The predicted octanol–water partition coefficient (Wildman–Crippen LogP) is 0.183. The lowest BCUT2D eigenvalue weighted by Crippen LogP contribution is -2.20. The summed E-state index contributed by atoms with van der Waals surface area (Å²) in [5, 5.41) is 3.11. The number of nitrogens with two attached hydrogens (primary N) is 2. The number of nitrogens with one attached hydrogen (secondary N) is 1. The average molecular weight is 209 g/mol. The predicted molar refractivity (Wildman–Crippen MR) is 59.4 cm³/mol. The number of rotatable bonds is 6. The van der Waals surface area contributed by atoms with Crippen LogP contribution in [0.5, 0.6) is 0 Å². The fourth-order valence-corrected chi connectivity index (χ4v) is 1.04. The van der Waals surface area contributed by atoms with Crippen LogP contribution in [-0.4, -0.2) is 25.7 Å². The van der Waals surface area contributed by atoms with Gasteiger partial charge in [-0.05, 0) is 24.3 Å². The zero-order chi connectivity index (χ0) is 11.1. The first kappa shape index (κ1) is 11.3. The Kier molecular flexibility index (Phi) is 4.43. The molecule has 1 aromatic rings. The summed E-state index contributed by atoms with van der Waals surface area (Å²) in [5.41, 5.74) is 12.1. The highest BCUT2D eigenvalue weighted by Gasteiger charge is 1.94. The molecule has 0 atom stereocenters. The van der Waals surface area contributed by atoms with Crippen LogP contribution in [0.25, 0.3) is 0 Å². The number of nitrogen functional groups attached to an aromatic ring is 1. The van der Waals surface area contributed by atoms with Gasteiger partial charge in [0.2, 0.25) is 5.91 Å². The van der Waals surface area contributed by atoms with E-state index in [9.17, 15) is 4.79 Å². The summed E-state index contributed by atoms with van der Waals surface area (Å²) >= 11 is 0. The maximum absolute atomic E-state index is 10.3. The van der Waals surface area contributed by atoms with Crippen molar-refractivity contribution in [3.63, 3.8) is 0 Å². The zero-order valence-electron chi connectivity index (χ0n) is 8.40. The molecule has 0 aliphatic heterocycles. The van der Waals surface area contributed by atoms with Crippen molar-refractivity contribution in [1.82, 2.24) is 0 Å². The van der Waals surface area contributed by atoms with Crippen molar-refractivity contribution in [1.29, 1.82) is 0 Å². The summed E-state index contributed by atoms with van der Waals surface area (Å²) in [6.45, 7) is 1.02.